The smallest absolute Gasteiger partial charge is 0.0541 e. The number of rotatable bonds is 5. The summed E-state index contributed by atoms with van der Waals surface area (Å²) in [4.78, 5) is 4.33. The molecule has 15 aromatic rings. The van der Waals surface area contributed by atoms with Crippen LogP contribution >= 0.6 is 0 Å². The number of anilines is 4. The van der Waals surface area contributed by atoms with Crippen LogP contribution in [0.5, 0.6) is 0 Å². The van der Waals surface area contributed by atoms with E-state index in [0.29, 0.717) is 0 Å². The number of hydrogen-bond donors (Lipinski definition) is 0. The zero-order chi connectivity index (χ0) is 80.6. The number of benzene rings is 14. The highest BCUT2D eigenvalue weighted by Crippen LogP contribution is 2.32. The summed E-state index contributed by atoms with van der Waals surface area (Å²) in [5, 5.41) is 2.61. The average Bonchev–Trinajstić information content (AvgIpc) is 1.60. The Labute approximate surface area is 668 Å². The first kappa shape index (κ1) is 94.6. The number of nitrogens with zero attached hydrogens (tertiary/aromatic N) is 3. The molecule has 1 heterocycles. The lowest BCUT2D eigenvalue weighted by Crippen LogP contribution is -2.08. The van der Waals surface area contributed by atoms with Gasteiger partial charge in [-0.25, -0.2) is 0 Å². The monoisotopic (exact) mass is 1460 g/mol. The van der Waals surface area contributed by atoms with Crippen LogP contribution in [0.25, 0.3) is 27.5 Å². The molecule has 1 aromatic heterocycles. The van der Waals surface area contributed by atoms with Gasteiger partial charge in [0.1, 0.15) is 0 Å². The molecule has 0 aliphatic heterocycles. The van der Waals surface area contributed by atoms with Gasteiger partial charge in [-0.05, 0) is 155 Å². The molecular formula is C107H131N3. The van der Waals surface area contributed by atoms with E-state index < -0.39 is 0 Å². The molecule has 3 heteroatoms. The Hall–Kier alpha value is -11.5. The van der Waals surface area contributed by atoms with Crippen molar-refractivity contribution in [2.45, 2.75) is 143 Å². The summed E-state index contributed by atoms with van der Waals surface area (Å²) in [5.74, 6) is 0. The molecule has 0 saturated heterocycles. The Kier molecular flexibility index (Phi) is 52.9. The molecule has 0 radical (unpaired) electrons. The number of fused-ring (bicyclic) bond motifs is 5. The van der Waals surface area contributed by atoms with Crippen LogP contribution in [0.15, 0.2) is 400 Å². The molecule has 0 spiro atoms. The van der Waals surface area contributed by atoms with Crippen LogP contribution in [-0.2, 0) is 25.7 Å². The first-order valence-corrected chi connectivity index (χ1v) is 40.0. The van der Waals surface area contributed by atoms with E-state index >= 15 is 0 Å². The van der Waals surface area contributed by atoms with Crippen molar-refractivity contribution in [2.24, 2.45) is 0 Å². The van der Waals surface area contributed by atoms with E-state index in [2.05, 4.69) is 348 Å². The van der Waals surface area contributed by atoms with Crippen LogP contribution in [0.4, 0.5) is 22.7 Å². The highest BCUT2D eigenvalue weighted by atomic mass is 15.1. The summed E-state index contributed by atoms with van der Waals surface area (Å²) in [6.07, 6.45) is 5.21. The van der Waals surface area contributed by atoms with Crippen molar-refractivity contribution in [2.75, 3.05) is 23.9 Å². The molecule has 2 aliphatic rings. The zero-order valence-corrected chi connectivity index (χ0v) is 70.3. The van der Waals surface area contributed by atoms with E-state index in [0.717, 1.165) is 0 Å². The Bertz CT molecular complexity index is 4000. The lowest BCUT2D eigenvalue weighted by molar-refractivity contribution is 0.839. The van der Waals surface area contributed by atoms with E-state index in [1.165, 1.54) is 104 Å². The van der Waals surface area contributed by atoms with Crippen molar-refractivity contribution >= 4 is 44.6 Å². The summed E-state index contributed by atoms with van der Waals surface area (Å²) in [6.45, 7) is 34.4. The van der Waals surface area contributed by atoms with Crippen LogP contribution in [0.2, 0.25) is 0 Å². The lowest BCUT2D eigenvalue weighted by atomic mass is 9.89. The van der Waals surface area contributed by atoms with Gasteiger partial charge in [0.25, 0.3) is 0 Å². The van der Waals surface area contributed by atoms with Gasteiger partial charge in [0.2, 0.25) is 0 Å². The predicted octanol–water partition coefficient (Wildman–Crippen LogP) is 31.4. The minimum atomic E-state index is 1.21. The van der Waals surface area contributed by atoms with Gasteiger partial charge in [-0.2, -0.15) is 0 Å². The zero-order valence-electron chi connectivity index (χ0n) is 70.3. The number of aromatic nitrogens is 1. The first-order valence-electron chi connectivity index (χ1n) is 40.0. The van der Waals surface area contributed by atoms with Gasteiger partial charge in [-0.3, -0.25) is 0 Å². The third-order valence-electron chi connectivity index (χ3n) is 16.4. The number of hydrogen-bond acceptors (Lipinski definition) is 2. The maximum absolute atomic E-state index is 2.32. The second kappa shape index (κ2) is 61.5. The fourth-order valence-electron chi connectivity index (χ4n) is 10.6. The van der Waals surface area contributed by atoms with Crippen LogP contribution < -0.4 is 9.80 Å². The van der Waals surface area contributed by atoms with Crippen LogP contribution in [-0.4, -0.2) is 18.7 Å². The molecule has 17 rings (SSSR count). The second-order valence-electron chi connectivity index (χ2n) is 24.0. The van der Waals surface area contributed by atoms with Crippen molar-refractivity contribution in [1.29, 1.82) is 0 Å². The Morgan fingerprint density at radius 1 is 0.182 bits per heavy atom. The van der Waals surface area contributed by atoms with Gasteiger partial charge in [-0.15, -0.1) is 0 Å². The van der Waals surface area contributed by atoms with E-state index in [1.807, 2.05) is 198 Å². The third-order valence-corrected chi connectivity index (χ3v) is 16.4. The van der Waals surface area contributed by atoms with E-state index in [4.69, 9.17) is 0 Å². The van der Waals surface area contributed by atoms with Crippen molar-refractivity contribution < 1.29 is 0 Å². The summed E-state index contributed by atoms with van der Waals surface area (Å²) in [6, 6.07) is 138. The maximum Gasteiger partial charge on any atom is 0.0541 e. The Morgan fingerprint density at radius 2 is 0.336 bits per heavy atom. The lowest BCUT2D eigenvalue weighted by Gasteiger charge is -2.18. The third kappa shape index (κ3) is 36.9. The van der Waals surface area contributed by atoms with E-state index in [9.17, 15) is 0 Å². The summed E-state index contributed by atoms with van der Waals surface area (Å²) in [5.41, 5.74) is 21.4. The molecule has 110 heavy (non-hydrogen) atoms. The molecule has 0 unspecified atom stereocenters. The molecule has 14 aromatic carbocycles. The Morgan fingerprint density at radius 3 is 0.500 bits per heavy atom. The van der Waals surface area contributed by atoms with Gasteiger partial charge in [0, 0.05) is 53.3 Å². The second-order valence-corrected chi connectivity index (χ2v) is 24.0. The van der Waals surface area contributed by atoms with Crippen LogP contribution in [0.3, 0.4) is 0 Å². The molecule has 0 N–H and O–H groups in total. The van der Waals surface area contributed by atoms with Crippen molar-refractivity contribution in [1.82, 2.24) is 4.57 Å². The van der Waals surface area contributed by atoms with Crippen molar-refractivity contribution in [3.05, 3.63) is 450 Å². The normalized spacial score (nSPS) is 9.63. The van der Waals surface area contributed by atoms with Gasteiger partial charge < -0.3 is 14.4 Å². The van der Waals surface area contributed by atoms with Crippen LogP contribution in [0, 0.1) is 34.6 Å². The SMILES string of the molecule is CC.CC.CC.CC.CC.CC.CN(c1ccccc1)c1ccccc1.CN(c1ccccc1)c1ccccc1.Cc1ccccc1.Cc1ccccc1.Cc1ccccc1.Cc1ccccc1.Cc1ccccc1.c1ccc(-n2c3ccccc3c3ccccc32)cc1.c1ccc2c(c1)CC2.c1ccc2c(c1)CC2. The maximum atomic E-state index is 2.32. The minimum Gasteiger partial charge on any atom is -0.345 e. The molecule has 0 fully saturated rings. The predicted molar refractivity (Wildman–Crippen MR) is 494 cm³/mol. The van der Waals surface area contributed by atoms with Crippen molar-refractivity contribution in [3.8, 4) is 5.69 Å². The number of para-hydroxylation sites is 7. The van der Waals surface area contributed by atoms with Gasteiger partial charge in [0.15, 0.2) is 0 Å². The van der Waals surface area contributed by atoms with Gasteiger partial charge >= 0.3 is 0 Å². The fraction of sp³-hybridized carbons (Fsp3) is 0.215. The summed E-state index contributed by atoms with van der Waals surface area (Å²) in [7, 11) is 4.15. The molecule has 0 atom stereocenters. The fourth-order valence-corrected chi connectivity index (χ4v) is 10.6. The standard InChI is InChI=1S/C18H13N.2C13H13N.2C8H8.5C7H8.6C2H6/c1-2-8-14(9-3-1)19-17-12-6-4-10-15(17)16-11-5-7-13-18(16)19;2*1-14(12-8-4-2-5-9-12)13-10-6-3-7-11-13;2*1-2-4-8-6-5-7(8)3-1;5*1-7-5-3-2-4-6-7;6*1-2/h1-13H;2*2-11H,1H3;2*1-4H,5-6H2;5*2-6H,1H3;6*1-2H3. The molecular weight excluding hydrogens is 1330 g/mol. The van der Waals surface area contributed by atoms with Gasteiger partial charge in [-0.1, -0.05) is 438 Å². The molecule has 0 saturated carbocycles. The quantitative estimate of drug-likeness (QED) is 0.170. The molecule has 0 bridgehead atoms. The largest absolute Gasteiger partial charge is 0.345 e. The Balaban J connectivity index is 0.000000417. The summed E-state index contributed by atoms with van der Waals surface area (Å²) < 4.78 is 2.32. The average molecular weight is 1460 g/mol. The van der Waals surface area contributed by atoms with E-state index in [-0.39, 0.29) is 0 Å². The van der Waals surface area contributed by atoms with Gasteiger partial charge in [0.05, 0.1) is 11.0 Å². The first-order chi connectivity index (χ1) is 54.1. The highest BCUT2D eigenvalue weighted by Gasteiger charge is 2.12. The van der Waals surface area contributed by atoms with E-state index in [1.54, 1.807) is 22.3 Å². The molecule has 0 amide bonds. The highest BCUT2D eigenvalue weighted by molar-refractivity contribution is 6.09. The van der Waals surface area contributed by atoms with Crippen LogP contribution in [0.1, 0.15) is 133 Å². The number of aryl methyl sites for hydroxylation is 9. The molecule has 3 nitrogen and oxygen atoms in total. The summed E-state index contributed by atoms with van der Waals surface area (Å²) >= 11 is 0. The topological polar surface area (TPSA) is 11.4 Å². The van der Waals surface area contributed by atoms with Crippen molar-refractivity contribution in [3.63, 3.8) is 0 Å². The minimum absolute atomic E-state index is 1.21. The molecule has 2 aliphatic carbocycles. The molecule has 574 valence electrons.